The number of carboxylic acids is 1. The first-order chi connectivity index (χ1) is 10.5. The van der Waals surface area contributed by atoms with E-state index in [-0.39, 0.29) is 11.4 Å². The molecule has 0 atom stereocenters. The molecule has 1 heterocycles. The largest absolute Gasteiger partial charge is 0.871 e. The lowest BCUT2D eigenvalue weighted by Crippen LogP contribution is -2.26. The number of aromatic carboxylic acids is 1. The van der Waals surface area contributed by atoms with Gasteiger partial charge in [0, 0.05) is 5.56 Å². The molecule has 0 spiro atoms. The Bertz CT molecular complexity index is 852. The zero-order chi connectivity index (χ0) is 15.9. The Morgan fingerprint density at radius 2 is 1.82 bits per heavy atom. The summed E-state index contributed by atoms with van der Waals surface area (Å²) in [4.78, 5) is 38.8. The number of hydrogen-bond acceptors (Lipinski definition) is 5. The van der Waals surface area contributed by atoms with E-state index in [1.54, 1.807) is 30.3 Å². The average molecular weight is 294 g/mol. The Morgan fingerprint density at radius 1 is 1.14 bits per heavy atom. The number of carboxylic acid groups (broad SMARTS) is 1. The van der Waals surface area contributed by atoms with Crippen molar-refractivity contribution in [3.63, 3.8) is 0 Å². The molecule has 0 amide bonds. The minimum atomic E-state index is -1.40. The van der Waals surface area contributed by atoms with Gasteiger partial charge < -0.3 is 10.2 Å². The fourth-order valence-electron chi connectivity index (χ4n) is 2.25. The molecule has 1 aromatic heterocycles. The van der Waals surface area contributed by atoms with Crippen molar-refractivity contribution >= 4 is 23.3 Å². The van der Waals surface area contributed by atoms with E-state index in [0.29, 0.717) is 11.6 Å². The van der Waals surface area contributed by atoms with Crippen LogP contribution in [0.4, 0.5) is 0 Å². The van der Waals surface area contributed by atoms with Crippen LogP contribution in [0.15, 0.2) is 42.5 Å². The summed E-state index contributed by atoms with van der Waals surface area (Å²) >= 11 is 0. The van der Waals surface area contributed by atoms with Gasteiger partial charge >= 0.3 is 5.97 Å². The van der Waals surface area contributed by atoms with Crippen molar-refractivity contribution < 1.29 is 24.6 Å². The molecule has 0 saturated carbocycles. The highest BCUT2D eigenvalue weighted by Gasteiger charge is 2.29. The van der Waals surface area contributed by atoms with Crippen molar-refractivity contribution in [2.75, 3.05) is 0 Å². The van der Waals surface area contributed by atoms with Crippen LogP contribution >= 0.6 is 0 Å². The van der Waals surface area contributed by atoms with Gasteiger partial charge in [-0.25, -0.2) is 9.78 Å². The lowest BCUT2D eigenvalue weighted by molar-refractivity contribution is -0.244. The maximum absolute atomic E-state index is 11.9. The summed E-state index contributed by atoms with van der Waals surface area (Å²) in [5.74, 6) is -4.22. The molecule has 2 aromatic rings. The summed E-state index contributed by atoms with van der Waals surface area (Å²) in [5, 5.41) is 21.2. The zero-order valence-electron chi connectivity index (χ0n) is 11.1. The second-order valence-electron chi connectivity index (χ2n) is 4.65. The molecule has 3 rings (SSSR count). The van der Waals surface area contributed by atoms with Crippen LogP contribution in [0.2, 0.25) is 0 Å². The van der Waals surface area contributed by atoms with Crippen LogP contribution in [0.1, 0.15) is 26.4 Å². The van der Waals surface area contributed by atoms with Gasteiger partial charge in [-0.2, -0.15) is 0 Å². The van der Waals surface area contributed by atoms with E-state index in [9.17, 15) is 24.6 Å². The smallest absolute Gasteiger partial charge is 0.336 e. The molecule has 1 N–H and O–H groups in total. The summed E-state index contributed by atoms with van der Waals surface area (Å²) in [6, 6.07) is 9.84. The zero-order valence-corrected chi connectivity index (χ0v) is 11.1. The molecule has 1 aliphatic rings. The van der Waals surface area contributed by atoms with E-state index in [0.717, 1.165) is 0 Å². The summed E-state index contributed by atoms with van der Waals surface area (Å²) in [6.45, 7) is 0. The molecule has 1 aliphatic carbocycles. The summed E-state index contributed by atoms with van der Waals surface area (Å²) in [7, 11) is 0. The summed E-state index contributed by atoms with van der Waals surface area (Å²) in [5.41, 5.74) is -0.290. The fourth-order valence-corrected chi connectivity index (χ4v) is 2.25. The molecule has 6 nitrogen and oxygen atoms in total. The molecular weight excluding hydrogens is 286 g/mol. The van der Waals surface area contributed by atoms with Gasteiger partial charge in [-0.3, -0.25) is 9.59 Å². The molecule has 22 heavy (non-hydrogen) atoms. The Hall–Kier alpha value is -3.28. The number of pyridine rings is 1. The van der Waals surface area contributed by atoms with Crippen LogP contribution < -0.4 is 5.11 Å². The Labute approximate surface area is 124 Å². The second kappa shape index (κ2) is 4.92. The lowest BCUT2D eigenvalue weighted by atomic mass is 9.92. The monoisotopic (exact) mass is 294 g/mol. The van der Waals surface area contributed by atoms with Gasteiger partial charge in [-0.1, -0.05) is 36.1 Å². The molecule has 0 unspecified atom stereocenters. The van der Waals surface area contributed by atoms with Crippen molar-refractivity contribution in [1.82, 2.24) is 4.98 Å². The number of rotatable bonds is 2. The predicted octanol–water partition coefficient (Wildman–Crippen LogP) is 0.913. The molecule has 0 aliphatic heterocycles. The standard InChI is InChI=1S/C16H9NO5/c18-11-7-12(19)15(20)13-9(16(21)22)6-10(17-14(11)13)8-4-2-1-3-5-8/h1-7,18H,(H,21,22)/p-1. The number of Topliss-reactive ketones (excluding diaryl/α,β-unsaturated/α-hetero) is 1. The number of carbonyl (C=O) groups excluding carboxylic acids is 2. The van der Waals surface area contributed by atoms with Crippen molar-refractivity contribution in [3.8, 4) is 11.3 Å². The highest BCUT2D eigenvalue weighted by atomic mass is 16.4. The van der Waals surface area contributed by atoms with Gasteiger partial charge in [-0.05, 0) is 12.1 Å². The normalized spacial score (nSPS) is 13.5. The van der Waals surface area contributed by atoms with Crippen LogP contribution in [0.3, 0.4) is 0 Å². The number of nitrogens with zero attached hydrogens (tertiary/aromatic N) is 1. The van der Waals surface area contributed by atoms with Gasteiger partial charge in [-0.15, -0.1) is 0 Å². The molecule has 1 aromatic carbocycles. The van der Waals surface area contributed by atoms with Crippen molar-refractivity contribution in [3.05, 3.63) is 59.3 Å². The topological polar surface area (TPSA) is 107 Å². The Balaban J connectivity index is 2.33. The van der Waals surface area contributed by atoms with Crippen LogP contribution in [0.25, 0.3) is 17.0 Å². The van der Waals surface area contributed by atoms with E-state index in [4.69, 9.17) is 0 Å². The van der Waals surface area contributed by atoms with Crippen molar-refractivity contribution in [2.45, 2.75) is 0 Å². The van der Waals surface area contributed by atoms with E-state index >= 15 is 0 Å². The van der Waals surface area contributed by atoms with Crippen LogP contribution in [0, 0.1) is 0 Å². The number of fused-ring (bicyclic) bond motifs is 1. The van der Waals surface area contributed by atoms with Crippen molar-refractivity contribution in [2.24, 2.45) is 0 Å². The van der Waals surface area contributed by atoms with E-state index in [1.165, 1.54) is 6.07 Å². The quantitative estimate of drug-likeness (QED) is 0.825. The maximum atomic E-state index is 11.9. The number of benzene rings is 1. The number of carbonyl (C=O) groups is 3. The van der Waals surface area contributed by atoms with E-state index in [1.807, 2.05) is 0 Å². The third-order valence-corrected chi connectivity index (χ3v) is 3.27. The average Bonchev–Trinajstić information content (AvgIpc) is 2.52. The summed E-state index contributed by atoms with van der Waals surface area (Å²) in [6.07, 6.45) is 0.637. The van der Waals surface area contributed by atoms with Gasteiger partial charge in [0.25, 0.3) is 0 Å². The second-order valence-corrected chi connectivity index (χ2v) is 4.65. The highest BCUT2D eigenvalue weighted by Crippen LogP contribution is 2.28. The van der Waals surface area contributed by atoms with Gasteiger partial charge in [0.2, 0.25) is 11.6 Å². The van der Waals surface area contributed by atoms with Crippen LogP contribution in [-0.4, -0.2) is 27.6 Å². The van der Waals surface area contributed by atoms with Crippen LogP contribution in [-0.2, 0) is 4.79 Å². The highest BCUT2D eigenvalue weighted by molar-refractivity contribution is 6.51. The third-order valence-electron chi connectivity index (χ3n) is 3.27. The number of hydrogen-bond donors (Lipinski definition) is 1. The van der Waals surface area contributed by atoms with Crippen LogP contribution in [0.5, 0.6) is 0 Å². The first kappa shape index (κ1) is 13.7. The lowest BCUT2D eigenvalue weighted by Gasteiger charge is -2.21. The van der Waals surface area contributed by atoms with Gasteiger partial charge in [0.1, 0.15) is 0 Å². The number of ketones is 2. The van der Waals surface area contributed by atoms with Gasteiger partial charge in [0.15, 0.2) is 0 Å². The molecule has 0 fully saturated rings. The van der Waals surface area contributed by atoms with E-state index < -0.39 is 34.4 Å². The molecule has 0 radical (unpaired) electrons. The van der Waals surface area contributed by atoms with Crippen molar-refractivity contribution in [1.29, 1.82) is 0 Å². The molecule has 6 heteroatoms. The predicted molar refractivity (Wildman–Crippen MR) is 73.9 cm³/mol. The Kier molecular flexibility index (Phi) is 3.06. The SMILES string of the molecule is O=C1C=C([O-])c2nc(-c3ccccc3)cc(C(=O)O)c2C1=O. The van der Waals surface area contributed by atoms with E-state index in [2.05, 4.69) is 4.98 Å². The first-order valence-electron chi connectivity index (χ1n) is 6.30. The number of allylic oxidation sites excluding steroid dienone is 1. The summed E-state index contributed by atoms with van der Waals surface area (Å²) < 4.78 is 0. The first-order valence-corrected chi connectivity index (χ1v) is 6.30. The molecule has 108 valence electrons. The Morgan fingerprint density at radius 3 is 2.45 bits per heavy atom. The van der Waals surface area contributed by atoms with Gasteiger partial charge in [0.05, 0.1) is 22.5 Å². The molecule has 0 saturated heterocycles. The molecular formula is C16H8NO5-. The molecule has 0 bridgehead atoms. The minimum absolute atomic E-state index is 0.251. The third kappa shape index (κ3) is 2.07. The minimum Gasteiger partial charge on any atom is -0.871 e. The number of aromatic nitrogens is 1. The fraction of sp³-hybridized carbons (Fsp3) is 0. The maximum Gasteiger partial charge on any atom is 0.336 e.